The van der Waals surface area contributed by atoms with Crippen molar-refractivity contribution in [2.24, 2.45) is 17.8 Å². The predicted octanol–water partition coefficient (Wildman–Crippen LogP) is 5.48. The number of hydrogen-bond donors (Lipinski definition) is 2. The highest BCUT2D eigenvalue weighted by atomic mass is 16.5. The number of ether oxygens (including phenoxy) is 1. The Morgan fingerprint density at radius 1 is 1.10 bits per heavy atom. The van der Waals surface area contributed by atoms with Gasteiger partial charge in [0.2, 0.25) is 0 Å². The van der Waals surface area contributed by atoms with Crippen molar-refractivity contribution in [3.8, 4) is 5.75 Å². The average Bonchev–Trinajstić information content (AvgIpc) is 2.75. The SMILES string of the molecule is COc1ccc(C[C@@H]2CC[C@H](NC(C)c3ccccc3)[C@H](C(C)CC(=O)O)C2)cc1. The van der Waals surface area contributed by atoms with Crippen LogP contribution in [0.15, 0.2) is 54.6 Å². The zero-order valence-electron chi connectivity index (χ0n) is 18.4. The van der Waals surface area contributed by atoms with Crippen LogP contribution in [-0.2, 0) is 11.2 Å². The van der Waals surface area contributed by atoms with Crippen molar-refractivity contribution in [3.05, 3.63) is 65.7 Å². The van der Waals surface area contributed by atoms with Gasteiger partial charge in [0, 0.05) is 18.5 Å². The summed E-state index contributed by atoms with van der Waals surface area (Å²) in [5, 5.41) is 13.2. The maximum absolute atomic E-state index is 11.4. The fourth-order valence-electron chi connectivity index (χ4n) is 5.00. The molecule has 2 N–H and O–H groups in total. The van der Waals surface area contributed by atoms with Gasteiger partial charge in [0.05, 0.1) is 7.11 Å². The van der Waals surface area contributed by atoms with Crippen LogP contribution in [-0.4, -0.2) is 24.2 Å². The molecule has 4 heteroatoms. The van der Waals surface area contributed by atoms with E-state index < -0.39 is 5.97 Å². The van der Waals surface area contributed by atoms with Gasteiger partial charge in [-0.2, -0.15) is 0 Å². The van der Waals surface area contributed by atoms with Crippen molar-refractivity contribution in [1.29, 1.82) is 0 Å². The molecule has 1 saturated carbocycles. The van der Waals surface area contributed by atoms with Crippen LogP contribution in [0.2, 0.25) is 0 Å². The first-order valence-electron chi connectivity index (χ1n) is 11.1. The van der Waals surface area contributed by atoms with Crippen molar-refractivity contribution in [1.82, 2.24) is 5.32 Å². The Kier molecular flexibility index (Phi) is 7.92. The van der Waals surface area contributed by atoms with Crippen molar-refractivity contribution < 1.29 is 14.6 Å². The van der Waals surface area contributed by atoms with E-state index in [4.69, 9.17) is 4.74 Å². The molecule has 0 radical (unpaired) electrons. The van der Waals surface area contributed by atoms with Crippen LogP contribution in [0.4, 0.5) is 0 Å². The van der Waals surface area contributed by atoms with Gasteiger partial charge in [-0.15, -0.1) is 0 Å². The highest BCUT2D eigenvalue weighted by Gasteiger charge is 2.35. The zero-order valence-corrected chi connectivity index (χ0v) is 18.4. The first-order valence-corrected chi connectivity index (χ1v) is 11.1. The van der Waals surface area contributed by atoms with E-state index in [0.717, 1.165) is 25.0 Å². The summed E-state index contributed by atoms with van der Waals surface area (Å²) in [5.74, 6) is 1.29. The second-order valence-electron chi connectivity index (χ2n) is 8.88. The normalized spacial score (nSPS) is 23.5. The maximum atomic E-state index is 11.4. The first kappa shape index (κ1) is 22.4. The molecule has 2 aromatic rings. The van der Waals surface area contributed by atoms with Crippen molar-refractivity contribution in [2.45, 2.75) is 58.0 Å². The molecular weight excluding hydrogens is 374 g/mol. The molecule has 0 aromatic heterocycles. The summed E-state index contributed by atoms with van der Waals surface area (Å²) in [7, 11) is 1.69. The minimum absolute atomic E-state index is 0.154. The first-order chi connectivity index (χ1) is 14.5. The number of methoxy groups -OCH3 is 1. The Balaban J connectivity index is 1.68. The molecule has 5 atom stereocenters. The number of hydrogen-bond acceptors (Lipinski definition) is 3. The third-order valence-electron chi connectivity index (χ3n) is 6.68. The molecule has 0 bridgehead atoms. The van der Waals surface area contributed by atoms with Crippen LogP contribution in [0.25, 0.3) is 0 Å². The quantitative estimate of drug-likeness (QED) is 0.575. The largest absolute Gasteiger partial charge is 0.497 e. The second kappa shape index (κ2) is 10.6. The smallest absolute Gasteiger partial charge is 0.303 e. The standard InChI is InChI=1S/C26H35NO3/c1-18(15-26(28)29)24-17-21(16-20-9-12-23(30-3)13-10-20)11-14-25(24)27-19(2)22-7-5-4-6-8-22/h4-10,12-13,18-19,21,24-25,27H,11,14-17H2,1-3H3,(H,28,29)/t18?,19?,21-,24-,25-/m0/s1. The van der Waals surface area contributed by atoms with Gasteiger partial charge in [-0.25, -0.2) is 0 Å². The summed E-state index contributed by atoms with van der Waals surface area (Å²) in [6, 6.07) is 19.4. The molecule has 0 aliphatic heterocycles. The fourth-order valence-corrected chi connectivity index (χ4v) is 5.00. The number of benzene rings is 2. The van der Waals surface area contributed by atoms with E-state index in [1.165, 1.54) is 17.5 Å². The molecule has 0 heterocycles. The Morgan fingerprint density at radius 2 is 1.80 bits per heavy atom. The molecule has 0 saturated heterocycles. The molecule has 3 rings (SSSR count). The molecule has 30 heavy (non-hydrogen) atoms. The molecule has 2 aromatic carbocycles. The van der Waals surface area contributed by atoms with Gasteiger partial charge in [-0.1, -0.05) is 49.4 Å². The third kappa shape index (κ3) is 6.09. The van der Waals surface area contributed by atoms with E-state index in [1.54, 1.807) is 7.11 Å². The van der Waals surface area contributed by atoms with Crippen LogP contribution in [0.3, 0.4) is 0 Å². The Labute approximate surface area is 180 Å². The van der Waals surface area contributed by atoms with Gasteiger partial charge in [0.15, 0.2) is 0 Å². The minimum Gasteiger partial charge on any atom is -0.497 e. The topological polar surface area (TPSA) is 58.6 Å². The Morgan fingerprint density at radius 3 is 2.43 bits per heavy atom. The number of rotatable bonds is 9. The van der Waals surface area contributed by atoms with Gasteiger partial charge in [0.1, 0.15) is 5.75 Å². The van der Waals surface area contributed by atoms with Gasteiger partial charge < -0.3 is 15.2 Å². The van der Waals surface area contributed by atoms with Gasteiger partial charge in [0.25, 0.3) is 0 Å². The molecule has 0 amide bonds. The van der Waals surface area contributed by atoms with Gasteiger partial charge in [-0.05, 0) is 73.6 Å². The van der Waals surface area contributed by atoms with Gasteiger partial charge >= 0.3 is 5.97 Å². The van der Waals surface area contributed by atoms with E-state index in [0.29, 0.717) is 17.9 Å². The van der Waals surface area contributed by atoms with E-state index in [9.17, 15) is 9.90 Å². The lowest BCUT2D eigenvalue weighted by atomic mass is 9.70. The number of carboxylic acids is 1. The third-order valence-corrected chi connectivity index (χ3v) is 6.68. The molecule has 0 spiro atoms. The summed E-state index contributed by atoms with van der Waals surface area (Å²) in [6.07, 6.45) is 4.60. The lowest BCUT2D eigenvalue weighted by molar-refractivity contribution is -0.138. The van der Waals surface area contributed by atoms with Crippen LogP contribution >= 0.6 is 0 Å². The van der Waals surface area contributed by atoms with Crippen LogP contribution in [0, 0.1) is 17.8 Å². The minimum atomic E-state index is -0.699. The number of carbonyl (C=O) groups is 1. The van der Waals surface area contributed by atoms with E-state index in [2.05, 4.69) is 55.6 Å². The summed E-state index contributed by atoms with van der Waals surface area (Å²) >= 11 is 0. The van der Waals surface area contributed by atoms with Crippen LogP contribution in [0.1, 0.15) is 56.7 Å². The lowest BCUT2D eigenvalue weighted by Crippen LogP contribution is -2.45. The molecule has 1 fully saturated rings. The zero-order chi connectivity index (χ0) is 21.5. The van der Waals surface area contributed by atoms with Gasteiger partial charge in [-0.3, -0.25) is 4.79 Å². The van der Waals surface area contributed by atoms with E-state index >= 15 is 0 Å². The lowest BCUT2D eigenvalue weighted by Gasteiger charge is -2.41. The predicted molar refractivity (Wildman–Crippen MR) is 121 cm³/mol. The highest BCUT2D eigenvalue weighted by Crippen LogP contribution is 2.38. The number of nitrogens with one attached hydrogen (secondary N) is 1. The van der Waals surface area contributed by atoms with Crippen LogP contribution in [0.5, 0.6) is 5.75 Å². The Hall–Kier alpha value is -2.33. The molecule has 1 aliphatic carbocycles. The van der Waals surface area contributed by atoms with Crippen LogP contribution < -0.4 is 10.1 Å². The van der Waals surface area contributed by atoms with Crippen molar-refractivity contribution in [2.75, 3.05) is 7.11 Å². The maximum Gasteiger partial charge on any atom is 0.303 e. The number of aliphatic carboxylic acids is 1. The molecular formula is C26H35NO3. The monoisotopic (exact) mass is 409 g/mol. The summed E-state index contributed by atoms with van der Waals surface area (Å²) in [4.78, 5) is 11.4. The Bertz CT molecular complexity index is 790. The number of carboxylic acid groups (broad SMARTS) is 1. The highest BCUT2D eigenvalue weighted by molar-refractivity contribution is 5.67. The van der Waals surface area contributed by atoms with Crippen molar-refractivity contribution >= 4 is 5.97 Å². The van der Waals surface area contributed by atoms with E-state index in [1.807, 2.05) is 18.2 Å². The fraction of sp³-hybridized carbons (Fsp3) is 0.500. The molecule has 4 nitrogen and oxygen atoms in total. The molecule has 2 unspecified atom stereocenters. The summed E-state index contributed by atoms with van der Waals surface area (Å²) < 4.78 is 5.27. The van der Waals surface area contributed by atoms with E-state index in [-0.39, 0.29) is 18.4 Å². The second-order valence-corrected chi connectivity index (χ2v) is 8.88. The molecule has 162 valence electrons. The van der Waals surface area contributed by atoms with Crippen molar-refractivity contribution in [3.63, 3.8) is 0 Å². The summed E-state index contributed by atoms with van der Waals surface area (Å²) in [6.45, 7) is 4.31. The average molecular weight is 410 g/mol. The summed E-state index contributed by atoms with van der Waals surface area (Å²) in [5.41, 5.74) is 2.61. The molecule has 1 aliphatic rings.